The molecule has 5 nitrogen and oxygen atoms in total. The fourth-order valence-corrected chi connectivity index (χ4v) is 3.38. The minimum Gasteiger partial charge on any atom is -0.294 e. The van der Waals surface area contributed by atoms with Crippen LogP contribution >= 0.6 is 0 Å². The number of aryl methyl sites for hydroxylation is 1. The summed E-state index contributed by atoms with van der Waals surface area (Å²) in [6.45, 7) is 8.39. The van der Waals surface area contributed by atoms with Crippen molar-refractivity contribution in [2.45, 2.75) is 65.1 Å². The van der Waals surface area contributed by atoms with E-state index < -0.39 is 0 Å². The molecule has 122 valence electrons. The average Bonchev–Trinajstić information content (AvgIpc) is 3.36. The molecular formula is C18H25N5. The fraction of sp³-hybridized carbons (Fsp3) is 0.611. The molecule has 2 aliphatic rings. The molecule has 0 saturated heterocycles. The van der Waals surface area contributed by atoms with Crippen molar-refractivity contribution in [2.24, 2.45) is 0 Å². The summed E-state index contributed by atoms with van der Waals surface area (Å²) in [7, 11) is 0. The van der Waals surface area contributed by atoms with Crippen LogP contribution in [-0.2, 0) is 26.1 Å². The van der Waals surface area contributed by atoms with E-state index in [0.717, 1.165) is 44.8 Å². The van der Waals surface area contributed by atoms with Crippen molar-refractivity contribution in [1.82, 2.24) is 24.6 Å². The summed E-state index contributed by atoms with van der Waals surface area (Å²) in [6, 6.07) is 0. The Labute approximate surface area is 137 Å². The van der Waals surface area contributed by atoms with Crippen LogP contribution in [0.15, 0.2) is 12.4 Å². The second-order valence-corrected chi connectivity index (χ2v) is 6.91. The van der Waals surface area contributed by atoms with Gasteiger partial charge in [-0.15, -0.1) is 0 Å². The van der Waals surface area contributed by atoms with Gasteiger partial charge in [0.15, 0.2) is 0 Å². The van der Waals surface area contributed by atoms with Crippen molar-refractivity contribution < 1.29 is 0 Å². The van der Waals surface area contributed by atoms with Crippen LogP contribution in [0.2, 0.25) is 0 Å². The Kier molecular flexibility index (Phi) is 3.89. The van der Waals surface area contributed by atoms with Crippen LogP contribution in [0, 0.1) is 6.92 Å². The van der Waals surface area contributed by atoms with Crippen LogP contribution in [0.1, 0.15) is 60.4 Å². The molecular weight excluding hydrogens is 286 g/mol. The molecule has 5 heteroatoms. The average molecular weight is 311 g/mol. The zero-order chi connectivity index (χ0) is 15.8. The Morgan fingerprint density at radius 2 is 2.13 bits per heavy atom. The lowest BCUT2D eigenvalue weighted by atomic mass is 10.1. The number of fused-ring (bicyclic) bond motifs is 1. The standard InChI is InChI=1S/C18H25N5/c1-3-7-23-13(2)15(10-20-23)11-22-8-6-17-16(12-22)9-19-18(21-17)14-4-5-14/h9-10,14H,3-8,11-12H2,1-2H3. The topological polar surface area (TPSA) is 46.8 Å². The molecule has 4 rings (SSSR count). The second-order valence-electron chi connectivity index (χ2n) is 6.91. The summed E-state index contributed by atoms with van der Waals surface area (Å²) < 4.78 is 2.12. The van der Waals surface area contributed by atoms with E-state index in [1.807, 2.05) is 6.20 Å². The van der Waals surface area contributed by atoms with E-state index in [1.54, 1.807) is 0 Å². The van der Waals surface area contributed by atoms with Gasteiger partial charge < -0.3 is 0 Å². The SMILES string of the molecule is CCCn1ncc(CN2CCc3nc(C4CC4)ncc3C2)c1C. The van der Waals surface area contributed by atoms with Crippen molar-refractivity contribution in [2.75, 3.05) is 6.54 Å². The van der Waals surface area contributed by atoms with E-state index in [1.165, 1.54) is 35.4 Å². The first-order valence-electron chi connectivity index (χ1n) is 8.83. The van der Waals surface area contributed by atoms with Crippen molar-refractivity contribution in [1.29, 1.82) is 0 Å². The summed E-state index contributed by atoms with van der Waals surface area (Å²) in [5.41, 5.74) is 5.23. The lowest BCUT2D eigenvalue weighted by Crippen LogP contribution is -2.31. The predicted molar refractivity (Wildman–Crippen MR) is 89.1 cm³/mol. The van der Waals surface area contributed by atoms with E-state index in [2.05, 4.69) is 39.7 Å². The smallest absolute Gasteiger partial charge is 0.131 e. The van der Waals surface area contributed by atoms with Crippen LogP contribution in [0.3, 0.4) is 0 Å². The normalized spacial score (nSPS) is 18.2. The minimum atomic E-state index is 0.644. The Morgan fingerprint density at radius 1 is 1.26 bits per heavy atom. The van der Waals surface area contributed by atoms with Crippen LogP contribution in [-0.4, -0.2) is 31.2 Å². The van der Waals surface area contributed by atoms with Gasteiger partial charge in [0.1, 0.15) is 5.82 Å². The van der Waals surface area contributed by atoms with Crippen LogP contribution in [0.5, 0.6) is 0 Å². The molecule has 0 bridgehead atoms. The summed E-state index contributed by atoms with van der Waals surface area (Å²) in [4.78, 5) is 11.9. The van der Waals surface area contributed by atoms with E-state index >= 15 is 0 Å². The van der Waals surface area contributed by atoms with E-state index in [-0.39, 0.29) is 0 Å². The van der Waals surface area contributed by atoms with E-state index in [9.17, 15) is 0 Å². The highest BCUT2D eigenvalue weighted by atomic mass is 15.3. The molecule has 2 aromatic rings. The fourth-order valence-electron chi connectivity index (χ4n) is 3.38. The van der Waals surface area contributed by atoms with Gasteiger partial charge in [0.25, 0.3) is 0 Å². The Balaban J connectivity index is 1.45. The first kappa shape index (κ1) is 14.8. The number of rotatable bonds is 5. The maximum Gasteiger partial charge on any atom is 0.131 e. The summed E-state index contributed by atoms with van der Waals surface area (Å²) in [5.74, 6) is 1.72. The molecule has 1 aliphatic carbocycles. The van der Waals surface area contributed by atoms with Gasteiger partial charge in [0, 0.05) is 67.2 Å². The third kappa shape index (κ3) is 3.02. The van der Waals surface area contributed by atoms with Gasteiger partial charge in [-0.25, -0.2) is 9.97 Å². The van der Waals surface area contributed by atoms with Gasteiger partial charge in [0.2, 0.25) is 0 Å². The molecule has 1 fully saturated rings. The van der Waals surface area contributed by atoms with Crippen molar-refractivity contribution in [3.63, 3.8) is 0 Å². The molecule has 3 heterocycles. The van der Waals surface area contributed by atoms with Gasteiger partial charge in [-0.3, -0.25) is 9.58 Å². The Bertz CT molecular complexity index is 701. The van der Waals surface area contributed by atoms with E-state index in [0.29, 0.717) is 5.92 Å². The van der Waals surface area contributed by atoms with Gasteiger partial charge in [-0.2, -0.15) is 5.10 Å². The molecule has 0 atom stereocenters. The van der Waals surface area contributed by atoms with Gasteiger partial charge in [-0.1, -0.05) is 6.92 Å². The first-order valence-corrected chi connectivity index (χ1v) is 8.83. The highest BCUT2D eigenvalue weighted by Crippen LogP contribution is 2.38. The first-order chi connectivity index (χ1) is 11.2. The van der Waals surface area contributed by atoms with Crippen molar-refractivity contribution in [3.05, 3.63) is 40.7 Å². The maximum atomic E-state index is 4.81. The third-order valence-electron chi connectivity index (χ3n) is 5.01. The largest absolute Gasteiger partial charge is 0.294 e. The van der Waals surface area contributed by atoms with Gasteiger partial charge in [0.05, 0.1) is 6.20 Å². The molecule has 0 N–H and O–H groups in total. The molecule has 0 radical (unpaired) electrons. The molecule has 1 saturated carbocycles. The van der Waals surface area contributed by atoms with Crippen molar-refractivity contribution in [3.8, 4) is 0 Å². The van der Waals surface area contributed by atoms with Gasteiger partial charge >= 0.3 is 0 Å². The summed E-state index contributed by atoms with van der Waals surface area (Å²) >= 11 is 0. The maximum absolute atomic E-state index is 4.81. The number of nitrogens with zero attached hydrogens (tertiary/aromatic N) is 5. The molecule has 1 aliphatic heterocycles. The Hall–Kier alpha value is -1.75. The molecule has 0 amide bonds. The lowest BCUT2D eigenvalue weighted by molar-refractivity contribution is 0.242. The number of hydrogen-bond donors (Lipinski definition) is 0. The highest BCUT2D eigenvalue weighted by Gasteiger charge is 2.28. The monoisotopic (exact) mass is 311 g/mol. The van der Waals surface area contributed by atoms with Crippen LogP contribution in [0.25, 0.3) is 0 Å². The Morgan fingerprint density at radius 3 is 2.91 bits per heavy atom. The number of hydrogen-bond acceptors (Lipinski definition) is 4. The van der Waals surface area contributed by atoms with E-state index in [4.69, 9.17) is 4.98 Å². The minimum absolute atomic E-state index is 0.644. The molecule has 23 heavy (non-hydrogen) atoms. The third-order valence-corrected chi connectivity index (χ3v) is 5.01. The molecule has 0 spiro atoms. The second kappa shape index (κ2) is 6.04. The zero-order valence-electron chi connectivity index (χ0n) is 14.1. The highest BCUT2D eigenvalue weighted by molar-refractivity contribution is 5.23. The summed E-state index contributed by atoms with van der Waals surface area (Å²) in [6.07, 6.45) is 8.81. The molecule has 2 aromatic heterocycles. The quantitative estimate of drug-likeness (QED) is 0.852. The zero-order valence-corrected chi connectivity index (χ0v) is 14.1. The predicted octanol–water partition coefficient (Wildman–Crippen LogP) is 2.83. The van der Waals surface area contributed by atoms with Crippen LogP contribution < -0.4 is 0 Å². The molecule has 0 aromatic carbocycles. The van der Waals surface area contributed by atoms with Gasteiger partial charge in [-0.05, 0) is 26.2 Å². The van der Waals surface area contributed by atoms with Crippen LogP contribution in [0.4, 0.5) is 0 Å². The molecule has 0 unspecified atom stereocenters. The lowest BCUT2D eigenvalue weighted by Gasteiger charge is -2.28. The van der Waals surface area contributed by atoms with Crippen molar-refractivity contribution >= 4 is 0 Å². The summed E-state index contributed by atoms with van der Waals surface area (Å²) in [5, 5.41) is 4.52. The number of aromatic nitrogens is 4.